The normalized spacial score (nSPS) is 41.8. The summed E-state index contributed by atoms with van der Waals surface area (Å²) in [7, 11) is 0. The van der Waals surface area contributed by atoms with E-state index in [4.69, 9.17) is 4.74 Å². The number of ether oxygens (including phenoxy) is 1. The molecule has 0 radical (unpaired) electrons. The Labute approximate surface area is 87.6 Å². The molecule has 14 heavy (non-hydrogen) atoms. The zero-order valence-electron chi connectivity index (χ0n) is 9.70. The van der Waals surface area contributed by atoms with E-state index in [0.717, 1.165) is 37.0 Å². The fourth-order valence-electron chi connectivity index (χ4n) is 2.90. The monoisotopic (exact) mass is 197 g/mol. The minimum absolute atomic E-state index is 0.780. The van der Waals surface area contributed by atoms with Gasteiger partial charge in [-0.1, -0.05) is 20.8 Å². The number of hydrogen-bond donors (Lipinski definition) is 0. The van der Waals surface area contributed by atoms with E-state index < -0.39 is 0 Å². The number of piperidine rings is 2. The Hall–Kier alpha value is -0.0800. The van der Waals surface area contributed by atoms with Crippen LogP contribution < -0.4 is 0 Å². The van der Waals surface area contributed by atoms with Crippen molar-refractivity contribution in [2.75, 3.05) is 26.3 Å². The van der Waals surface area contributed by atoms with Crippen LogP contribution >= 0.6 is 0 Å². The van der Waals surface area contributed by atoms with Crippen molar-refractivity contribution < 1.29 is 4.74 Å². The Kier molecular flexibility index (Phi) is 3.13. The molecular weight excluding hydrogens is 174 g/mol. The van der Waals surface area contributed by atoms with Gasteiger partial charge in [-0.05, 0) is 24.2 Å². The molecule has 0 amide bonds. The molecule has 0 spiro atoms. The first-order chi connectivity index (χ1) is 6.84. The lowest BCUT2D eigenvalue weighted by Crippen LogP contribution is -2.61. The summed E-state index contributed by atoms with van der Waals surface area (Å²) in [4.78, 5) is 2.66. The maximum absolute atomic E-state index is 5.22. The Morgan fingerprint density at radius 3 is 2.00 bits per heavy atom. The van der Waals surface area contributed by atoms with Crippen LogP contribution in [0.1, 0.15) is 27.2 Å². The summed E-state index contributed by atoms with van der Waals surface area (Å²) in [6.07, 6.45) is 1.51. The molecule has 0 aromatic carbocycles. The average Bonchev–Trinajstić information content (AvgIpc) is 2.18. The van der Waals surface area contributed by atoms with Crippen LogP contribution in [0.25, 0.3) is 0 Å². The van der Waals surface area contributed by atoms with Gasteiger partial charge in [-0.2, -0.15) is 0 Å². The van der Waals surface area contributed by atoms with Gasteiger partial charge in [0.15, 0.2) is 0 Å². The maximum atomic E-state index is 5.22. The fourth-order valence-corrected chi connectivity index (χ4v) is 2.90. The van der Waals surface area contributed by atoms with E-state index in [9.17, 15) is 0 Å². The molecule has 1 saturated carbocycles. The van der Waals surface area contributed by atoms with Gasteiger partial charge in [0.2, 0.25) is 0 Å². The molecule has 2 heteroatoms. The molecule has 3 aliphatic heterocycles. The minimum atomic E-state index is 0.780. The van der Waals surface area contributed by atoms with Crippen LogP contribution in [-0.4, -0.2) is 37.2 Å². The van der Waals surface area contributed by atoms with E-state index >= 15 is 0 Å². The van der Waals surface area contributed by atoms with Gasteiger partial charge in [0.05, 0.1) is 19.3 Å². The Morgan fingerprint density at radius 2 is 1.64 bits per heavy atom. The summed E-state index contributed by atoms with van der Waals surface area (Å²) in [6, 6.07) is 0.780. The summed E-state index contributed by atoms with van der Waals surface area (Å²) in [5.74, 6) is 3.05. The molecule has 4 aliphatic rings. The molecule has 3 heterocycles. The fraction of sp³-hybridized carbons (Fsp3) is 1.00. The van der Waals surface area contributed by atoms with Crippen molar-refractivity contribution in [1.82, 2.24) is 4.90 Å². The van der Waals surface area contributed by atoms with Crippen LogP contribution in [0.4, 0.5) is 0 Å². The second-order valence-electron chi connectivity index (χ2n) is 4.76. The van der Waals surface area contributed by atoms with Crippen molar-refractivity contribution in [3.8, 4) is 0 Å². The molecular formula is C12H23NO. The van der Waals surface area contributed by atoms with Gasteiger partial charge < -0.3 is 4.74 Å². The first kappa shape index (κ1) is 10.4. The van der Waals surface area contributed by atoms with Crippen LogP contribution in [0, 0.1) is 17.8 Å². The summed E-state index contributed by atoms with van der Waals surface area (Å²) >= 11 is 0. The van der Waals surface area contributed by atoms with Crippen molar-refractivity contribution in [2.24, 2.45) is 17.8 Å². The third kappa shape index (κ3) is 1.59. The molecule has 0 N–H and O–H groups in total. The van der Waals surface area contributed by atoms with Gasteiger partial charge in [0, 0.05) is 13.1 Å². The zero-order valence-corrected chi connectivity index (χ0v) is 9.70. The van der Waals surface area contributed by atoms with Gasteiger partial charge in [-0.25, -0.2) is 0 Å². The molecule has 3 saturated heterocycles. The topological polar surface area (TPSA) is 12.5 Å². The third-order valence-corrected chi connectivity index (χ3v) is 4.17. The molecule has 1 aliphatic carbocycles. The van der Waals surface area contributed by atoms with Crippen LogP contribution in [0.5, 0.6) is 0 Å². The number of rotatable bonds is 1. The third-order valence-electron chi connectivity index (χ3n) is 4.17. The second kappa shape index (κ2) is 4.19. The lowest BCUT2D eigenvalue weighted by molar-refractivity contribution is -0.124. The minimum Gasteiger partial charge on any atom is -0.378 e. The highest BCUT2D eigenvalue weighted by atomic mass is 16.5. The standard InChI is InChI=1S/C10H17NO.C2H6/c1-7-8-2-9(7)4-11(3-8)10-5-12-6-10;1-2/h7-10H,2-6H2,1H3;1-2H3. The number of nitrogens with zero attached hydrogens (tertiary/aromatic N) is 1. The van der Waals surface area contributed by atoms with E-state index in [1.54, 1.807) is 0 Å². The van der Waals surface area contributed by atoms with E-state index in [1.807, 2.05) is 13.8 Å². The molecule has 2 nitrogen and oxygen atoms in total. The van der Waals surface area contributed by atoms with E-state index in [1.165, 1.54) is 19.5 Å². The van der Waals surface area contributed by atoms with Crippen molar-refractivity contribution in [3.05, 3.63) is 0 Å². The van der Waals surface area contributed by atoms with Crippen LogP contribution in [0.2, 0.25) is 0 Å². The van der Waals surface area contributed by atoms with E-state index in [-0.39, 0.29) is 0 Å². The van der Waals surface area contributed by atoms with Crippen LogP contribution in [0.15, 0.2) is 0 Å². The second-order valence-corrected chi connectivity index (χ2v) is 4.76. The van der Waals surface area contributed by atoms with E-state index in [2.05, 4.69) is 11.8 Å². The lowest BCUT2D eigenvalue weighted by Gasteiger charge is -2.55. The highest BCUT2D eigenvalue weighted by molar-refractivity contribution is 4.97. The Balaban J connectivity index is 0.000000354. The van der Waals surface area contributed by atoms with E-state index in [0.29, 0.717) is 0 Å². The first-order valence-corrected chi connectivity index (χ1v) is 6.16. The van der Waals surface area contributed by atoms with Crippen molar-refractivity contribution in [1.29, 1.82) is 0 Å². The maximum Gasteiger partial charge on any atom is 0.0645 e. The van der Waals surface area contributed by atoms with Crippen LogP contribution in [-0.2, 0) is 4.74 Å². The van der Waals surface area contributed by atoms with Crippen molar-refractivity contribution >= 4 is 0 Å². The SMILES string of the molecule is CC.CC1C2CC1CN(C1COC1)C2. The van der Waals surface area contributed by atoms with Crippen molar-refractivity contribution in [2.45, 2.75) is 33.2 Å². The van der Waals surface area contributed by atoms with Gasteiger partial charge in [0.25, 0.3) is 0 Å². The number of hydrogen-bond acceptors (Lipinski definition) is 2. The lowest BCUT2D eigenvalue weighted by atomic mass is 9.62. The predicted molar refractivity (Wildman–Crippen MR) is 58.3 cm³/mol. The average molecular weight is 197 g/mol. The largest absolute Gasteiger partial charge is 0.378 e. The Bertz CT molecular complexity index is 179. The zero-order chi connectivity index (χ0) is 10.1. The first-order valence-electron chi connectivity index (χ1n) is 6.16. The van der Waals surface area contributed by atoms with Gasteiger partial charge in [-0.15, -0.1) is 0 Å². The smallest absolute Gasteiger partial charge is 0.0645 e. The highest BCUT2D eigenvalue weighted by Gasteiger charge is 2.46. The molecule has 2 bridgehead atoms. The summed E-state index contributed by atoms with van der Waals surface area (Å²) < 4.78 is 5.22. The molecule has 0 aromatic rings. The molecule has 0 aromatic heterocycles. The highest BCUT2D eigenvalue weighted by Crippen LogP contribution is 2.45. The summed E-state index contributed by atoms with van der Waals surface area (Å²) in [6.45, 7) is 11.1. The summed E-state index contributed by atoms with van der Waals surface area (Å²) in [5, 5.41) is 0. The molecule has 2 unspecified atom stereocenters. The molecule has 82 valence electrons. The predicted octanol–water partition coefficient (Wildman–Crippen LogP) is 2.00. The Morgan fingerprint density at radius 1 is 1.07 bits per heavy atom. The van der Waals surface area contributed by atoms with Crippen LogP contribution in [0.3, 0.4) is 0 Å². The molecule has 4 fully saturated rings. The van der Waals surface area contributed by atoms with Gasteiger partial charge in [0.1, 0.15) is 0 Å². The van der Waals surface area contributed by atoms with Gasteiger partial charge in [-0.3, -0.25) is 4.90 Å². The molecule has 4 rings (SSSR count). The van der Waals surface area contributed by atoms with Gasteiger partial charge >= 0.3 is 0 Å². The van der Waals surface area contributed by atoms with Crippen molar-refractivity contribution in [3.63, 3.8) is 0 Å². The summed E-state index contributed by atoms with van der Waals surface area (Å²) in [5.41, 5.74) is 0. The number of fused-ring (bicyclic) bond motifs is 2. The quantitative estimate of drug-likeness (QED) is 0.637. The molecule has 2 atom stereocenters.